The van der Waals surface area contributed by atoms with Gasteiger partial charge in [-0.05, 0) is 23.3 Å². The molecule has 3 N–H and O–H groups in total. The fraction of sp³-hybridized carbons (Fsp3) is 0.250. The average Bonchev–Trinajstić information content (AvgIpc) is 2.66. The molecule has 0 aliphatic heterocycles. The SMILES string of the molecule is COCC(=O)Nc1cccc(CNC(=O)CNC(=O)Cc2ccccc2)c1. The molecule has 0 aliphatic carbocycles. The van der Waals surface area contributed by atoms with E-state index in [2.05, 4.69) is 16.0 Å². The zero-order chi connectivity index (χ0) is 19.5. The third kappa shape index (κ3) is 7.70. The highest BCUT2D eigenvalue weighted by Crippen LogP contribution is 2.10. The van der Waals surface area contributed by atoms with E-state index in [1.165, 1.54) is 7.11 Å². The maximum atomic E-state index is 11.9. The molecule has 27 heavy (non-hydrogen) atoms. The number of nitrogens with one attached hydrogen (secondary N) is 3. The van der Waals surface area contributed by atoms with Gasteiger partial charge in [0.25, 0.3) is 0 Å². The Kier molecular flexibility index (Phi) is 7.99. The minimum Gasteiger partial charge on any atom is -0.375 e. The van der Waals surface area contributed by atoms with E-state index < -0.39 is 0 Å². The summed E-state index contributed by atoms with van der Waals surface area (Å²) in [7, 11) is 1.45. The molecule has 0 aliphatic rings. The van der Waals surface area contributed by atoms with Crippen molar-refractivity contribution >= 4 is 23.4 Å². The number of methoxy groups -OCH3 is 1. The molecule has 7 nitrogen and oxygen atoms in total. The Balaban J connectivity index is 1.73. The lowest BCUT2D eigenvalue weighted by molar-refractivity contribution is -0.125. The molecule has 0 unspecified atom stereocenters. The molecule has 2 aromatic carbocycles. The molecule has 0 radical (unpaired) electrons. The van der Waals surface area contributed by atoms with Gasteiger partial charge >= 0.3 is 0 Å². The van der Waals surface area contributed by atoms with Crippen molar-refractivity contribution in [1.82, 2.24) is 10.6 Å². The van der Waals surface area contributed by atoms with Gasteiger partial charge in [0, 0.05) is 19.3 Å². The average molecular weight is 369 g/mol. The minimum absolute atomic E-state index is 0.0242. The van der Waals surface area contributed by atoms with Crippen LogP contribution in [-0.4, -0.2) is 38.0 Å². The minimum atomic E-state index is -0.287. The Labute approximate surface area is 158 Å². The molecule has 0 atom stereocenters. The second kappa shape index (κ2) is 10.7. The van der Waals surface area contributed by atoms with Crippen LogP contribution >= 0.6 is 0 Å². The summed E-state index contributed by atoms with van der Waals surface area (Å²) >= 11 is 0. The number of hydrogen-bond donors (Lipinski definition) is 3. The van der Waals surface area contributed by atoms with Gasteiger partial charge in [-0.25, -0.2) is 0 Å². The number of carbonyl (C=O) groups is 3. The highest BCUT2D eigenvalue weighted by molar-refractivity contribution is 5.91. The van der Waals surface area contributed by atoms with Crippen molar-refractivity contribution in [3.8, 4) is 0 Å². The molecule has 0 aromatic heterocycles. The number of ether oxygens (including phenoxy) is 1. The second-order valence-electron chi connectivity index (χ2n) is 5.90. The lowest BCUT2D eigenvalue weighted by atomic mass is 10.1. The first kappa shape index (κ1) is 20.1. The van der Waals surface area contributed by atoms with Gasteiger partial charge in [-0.3, -0.25) is 14.4 Å². The summed E-state index contributed by atoms with van der Waals surface area (Å²) in [5, 5.41) is 8.03. The maximum Gasteiger partial charge on any atom is 0.250 e. The Bertz CT molecular complexity index is 778. The molecule has 0 bridgehead atoms. The molecular formula is C20H23N3O4. The van der Waals surface area contributed by atoms with Gasteiger partial charge in [0.2, 0.25) is 17.7 Å². The summed E-state index contributed by atoms with van der Waals surface area (Å²) in [5.41, 5.74) is 2.34. The highest BCUT2D eigenvalue weighted by Gasteiger charge is 2.07. The first-order chi connectivity index (χ1) is 13.1. The standard InChI is InChI=1S/C20H23N3O4/c1-27-14-20(26)23-17-9-5-8-16(10-17)12-21-19(25)13-22-18(24)11-15-6-3-2-4-7-15/h2-10H,11-14H2,1H3,(H,21,25)(H,22,24)(H,23,26). The van der Waals surface area contributed by atoms with Crippen LogP contribution in [0.1, 0.15) is 11.1 Å². The predicted molar refractivity (Wildman–Crippen MR) is 102 cm³/mol. The molecular weight excluding hydrogens is 346 g/mol. The molecule has 0 saturated carbocycles. The van der Waals surface area contributed by atoms with Crippen molar-refractivity contribution in [1.29, 1.82) is 0 Å². The van der Waals surface area contributed by atoms with Gasteiger partial charge in [-0.15, -0.1) is 0 Å². The number of hydrogen-bond acceptors (Lipinski definition) is 4. The van der Waals surface area contributed by atoms with Crippen LogP contribution in [0.5, 0.6) is 0 Å². The summed E-state index contributed by atoms with van der Waals surface area (Å²) in [5.74, 6) is -0.746. The van der Waals surface area contributed by atoms with Crippen molar-refractivity contribution < 1.29 is 19.1 Å². The molecule has 2 aromatic rings. The summed E-state index contributed by atoms with van der Waals surface area (Å²) < 4.78 is 4.77. The van der Waals surface area contributed by atoms with Crippen LogP contribution in [-0.2, 0) is 32.1 Å². The summed E-state index contributed by atoms with van der Waals surface area (Å²) in [6, 6.07) is 16.5. The maximum absolute atomic E-state index is 11.9. The summed E-state index contributed by atoms with van der Waals surface area (Å²) in [6.07, 6.45) is 0.233. The number of carbonyl (C=O) groups excluding carboxylic acids is 3. The van der Waals surface area contributed by atoms with Crippen molar-refractivity contribution in [2.24, 2.45) is 0 Å². The van der Waals surface area contributed by atoms with Crippen LogP contribution in [0, 0.1) is 0 Å². The van der Waals surface area contributed by atoms with Gasteiger partial charge in [0.05, 0.1) is 13.0 Å². The Hall–Kier alpha value is -3.19. The lowest BCUT2D eigenvalue weighted by Gasteiger charge is -2.09. The van der Waals surface area contributed by atoms with Crippen LogP contribution in [0.15, 0.2) is 54.6 Å². The molecule has 0 fully saturated rings. The smallest absolute Gasteiger partial charge is 0.250 e. The van der Waals surface area contributed by atoms with Crippen molar-refractivity contribution in [3.05, 3.63) is 65.7 Å². The van der Waals surface area contributed by atoms with Gasteiger partial charge in [-0.2, -0.15) is 0 Å². The number of amides is 3. The quantitative estimate of drug-likeness (QED) is 0.620. The van der Waals surface area contributed by atoms with E-state index in [0.29, 0.717) is 12.2 Å². The fourth-order valence-corrected chi connectivity index (χ4v) is 2.37. The van der Waals surface area contributed by atoms with Crippen LogP contribution in [0.3, 0.4) is 0 Å². The van der Waals surface area contributed by atoms with Crippen LogP contribution in [0.4, 0.5) is 5.69 Å². The van der Waals surface area contributed by atoms with Gasteiger partial charge in [0.15, 0.2) is 0 Å². The van der Waals surface area contributed by atoms with E-state index in [9.17, 15) is 14.4 Å². The Morgan fingerprint density at radius 1 is 0.852 bits per heavy atom. The third-order valence-corrected chi connectivity index (χ3v) is 3.63. The first-order valence-corrected chi connectivity index (χ1v) is 8.52. The molecule has 3 amide bonds. The summed E-state index contributed by atoms with van der Waals surface area (Å²) in [6.45, 7) is 0.182. The molecule has 2 rings (SSSR count). The zero-order valence-corrected chi connectivity index (χ0v) is 15.2. The monoisotopic (exact) mass is 369 g/mol. The van der Waals surface area contributed by atoms with E-state index in [4.69, 9.17) is 4.74 Å². The molecule has 7 heteroatoms. The van der Waals surface area contributed by atoms with E-state index in [1.54, 1.807) is 18.2 Å². The lowest BCUT2D eigenvalue weighted by Crippen LogP contribution is -2.37. The number of benzene rings is 2. The third-order valence-electron chi connectivity index (χ3n) is 3.63. The predicted octanol–water partition coefficient (Wildman–Crippen LogP) is 1.25. The zero-order valence-electron chi connectivity index (χ0n) is 15.2. The normalized spacial score (nSPS) is 10.1. The van der Waals surface area contributed by atoms with Crippen LogP contribution in [0.25, 0.3) is 0 Å². The molecule has 0 heterocycles. The van der Waals surface area contributed by atoms with Crippen LogP contribution in [0.2, 0.25) is 0 Å². The van der Waals surface area contributed by atoms with E-state index in [0.717, 1.165) is 11.1 Å². The van der Waals surface area contributed by atoms with Crippen molar-refractivity contribution in [3.63, 3.8) is 0 Å². The topological polar surface area (TPSA) is 96.5 Å². The van der Waals surface area contributed by atoms with Gasteiger partial charge in [-0.1, -0.05) is 42.5 Å². The number of anilines is 1. The largest absolute Gasteiger partial charge is 0.375 e. The number of rotatable bonds is 9. The van der Waals surface area contributed by atoms with Gasteiger partial charge in [0.1, 0.15) is 6.61 Å². The molecule has 0 spiro atoms. The molecule has 142 valence electrons. The van der Waals surface area contributed by atoms with E-state index in [1.807, 2.05) is 36.4 Å². The van der Waals surface area contributed by atoms with Crippen molar-refractivity contribution in [2.45, 2.75) is 13.0 Å². The highest BCUT2D eigenvalue weighted by atomic mass is 16.5. The van der Waals surface area contributed by atoms with Crippen LogP contribution < -0.4 is 16.0 Å². The Morgan fingerprint density at radius 2 is 1.59 bits per heavy atom. The van der Waals surface area contributed by atoms with Gasteiger partial charge < -0.3 is 20.7 Å². The summed E-state index contributed by atoms with van der Waals surface area (Å²) in [4.78, 5) is 35.3. The second-order valence-corrected chi connectivity index (χ2v) is 5.90. The molecule has 0 saturated heterocycles. The van der Waals surface area contributed by atoms with Crippen molar-refractivity contribution in [2.75, 3.05) is 25.6 Å². The van der Waals surface area contributed by atoms with E-state index in [-0.39, 0.29) is 37.3 Å². The Morgan fingerprint density at radius 3 is 2.33 bits per heavy atom. The van der Waals surface area contributed by atoms with E-state index >= 15 is 0 Å². The first-order valence-electron chi connectivity index (χ1n) is 8.52. The fourth-order valence-electron chi connectivity index (χ4n) is 2.37.